The zero-order chi connectivity index (χ0) is 15.1. The summed E-state index contributed by atoms with van der Waals surface area (Å²) < 4.78 is 5.36. The number of nitrogens with zero attached hydrogens (tertiary/aromatic N) is 2. The summed E-state index contributed by atoms with van der Waals surface area (Å²) in [4.78, 5) is 16.5. The van der Waals surface area contributed by atoms with E-state index in [1.165, 1.54) is 5.56 Å². The molecule has 1 atom stereocenters. The van der Waals surface area contributed by atoms with Crippen molar-refractivity contribution in [3.8, 4) is 0 Å². The number of rotatable bonds is 6. The molecule has 1 fully saturated rings. The van der Waals surface area contributed by atoms with E-state index < -0.39 is 0 Å². The molecule has 0 saturated carbocycles. The van der Waals surface area contributed by atoms with Crippen molar-refractivity contribution in [3.05, 3.63) is 35.9 Å². The van der Waals surface area contributed by atoms with Crippen LogP contribution in [-0.4, -0.2) is 54.6 Å². The molecule has 21 heavy (non-hydrogen) atoms. The molecule has 1 aromatic carbocycles. The van der Waals surface area contributed by atoms with Gasteiger partial charge in [0, 0.05) is 38.8 Å². The Morgan fingerprint density at radius 2 is 2.05 bits per heavy atom. The summed E-state index contributed by atoms with van der Waals surface area (Å²) in [6.45, 7) is 8.66. The summed E-state index contributed by atoms with van der Waals surface area (Å²) >= 11 is 0. The SMILES string of the molecule is CCCOCC(=O)N1CCN(Cc2ccccc2)C[C@H]1C. The lowest BCUT2D eigenvalue weighted by atomic mass is 10.1. The van der Waals surface area contributed by atoms with Gasteiger partial charge in [-0.1, -0.05) is 37.3 Å². The van der Waals surface area contributed by atoms with E-state index in [1.54, 1.807) is 0 Å². The number of hydrogen-bond donors (Lipinski definition) is 0. The van der Waals surface area contributed by atoms with Crippen LogP contribution in [0.3, 0.4) is 0 Å². The lowest BCUT2D eigenvalue weighted by Gasteiger charge is -2.40. The fraction of sp³-hybridized carbons (Fsp3) is 0.588. The number of benzene rings is 1. The largest absolute Gasteiger partial charge is 0.372 e. The maximum absolute atomic E-state index is 12.1. The third kappa shape index (κ3) is 4.83. The number of amides is 1. The van der Waals surface area contributed by atoms with Gasteiger partial charge in [0.25, 0.3) is 0 Å². The topological polar surface area (TPSA) is 32.8 Å². The van der Waals surface area contributed by atoms with Crippen LogP contribution in [0.15, 0.2) is 30.3 Å². The van der Waals surface area contributed by atoms with Crippen LogP contribution in [0.1, 0.15) is 25.8 Å². The molecule has 1 aliphatic heterocycles. The molecular weight excluding hydrogens is 264 g/mol. The Bertz CT molecular complexity index is 436. The normalized spacial score (nSPS) is 19.7. The molecule has 1 amide bonds. The Balaban J connectivity index is 1.80. The monoisotopic (exact) mass is 290 g/mol. The quantitative estimate of drug-likeness (QED) is 0.753. The van der Waals surface area contributed by atoms with E-state index in [0.717, 1.165) is 32.6 Å². The fourth-order valence-electron chi connectivity index (χ4n) is 2.78. The third-order valence-electron chi connectivity index (χ3n) is 3.85. The highest BCUT2D eigenvalue weighted by Gasteiger charge is 2.27. The Kier molecular flexibility index (Phi) is 6.21. The van der Waals surface area contributed by atoms with Gasteiger partial charge >= 0.3 is 0 Å². The summed E-state index contributed by atoms with van der Waals surface area (Å²) in [5.41, 5.74) is 1.33. The molecule has 1 aromatic rings. The molecule has 1 saturated heterocycles. The molecule has 0 bridgehead atoms. The van der Waals surface area contributed by atoms with Crippen molar-refractivity contribution < 1.29 is 9.53 Å². The molecule has 0 unspecified atom stereocenters. The maximum atomic E-state index is 12.1. The van der Waals surface area contributed by atoms with Gasteiger partial charge in [-0.15, -0.1) is 0 Å². The molecule has 4 nitrogen and oxygen atoms in total. The number of hydrogen-bond acceptors (Lipinski definition) is 3. The van der Waals surface area contributed by atoms with Crippen LogP contribution in [0.5, 0.6) is 0 Å². The average Bonchev–Trinajstić information content (AvgIpc) is 2.48. The van der Waals surface area contributed by atoms with Gasteiger partial charge in [0.05, 0.1) is 0 Å². The van der Waals surface area contributed by atoms with E-state index >= 15 is 0 Å². The summed E-state index contributed by atoms with van der Waals surface area (Å²) in [6, 6.07) is 10.7. The minimum atomic E-state index is 0.121. The van der Waals surface area contributed by atoms with Crippen molar-refractivity contribution in [2.45, 2.75) is 32.9 Å². The van der Waals surface area contributed by atoms with Gasteiger partial charge in [0.15, 0.2) is 0 Å². The highest BCUT2D eigenvalue weighted by Crippen LogP contribution is 2.13. The van der Waals surface area contributed by atoms with Crippen molar-refractivity contribution in [1.82, 2.24) is 9.80 Å². The van der Waals surface area contributed by atoms with Gasteiger partial charge in [-0.25, -0.2) is 0 Å². The lowest BCUT2D eigenvalue weighted by Crippen LogP contribution is -2.54. The predicted octanol–water partition coefficient (Wildman–Crippen LogP) is 2.15. The minimum Gasteiger partial charge on any atom is -0.372 e. The van der Waals surface area contributed by atoms with E-state index in [2.05, 4.69) is 43.0 Å². The summed E-state index contributed by atoms with van der Waals surface area (Å²) in [5.74, 6) is 0.121. The predicted molar refractivity (Wildman–Crippen MR) is 84.0 cm³/mol. The van der Waals surface area contributed by atoms with Crippen LogP contribution in [0.2, 0.25) is 0 Å². The van der Waals surface area contributed by atoms with Crippen LogP contribution in [-0.2, 0) is 16.1 Å². The van der Waals surface area contributed by atoms with E-state index in [-0.39, 0.29) is 18.6 Å². The molecule has 0 spiro atoms. The van der Waals surface area contributed by atoms with Crippen molar-refractivity contribution in [1.29, 1.82) is 0 Å². The number of piperazine rings is 1. The smallest absolute Gasteiger partial charge is 0.248 e. The van der Waals surface area contributed by atoms with Crippen LogP contribution in [0, 0.1) is 0 Å². The first-order valence-electron chi connectivity index (χ1n) is 7.84. The molecule has 2 rings (SSSR count). The highest BCUT2D eigenvalue weighted by molar-refractivity contribution is 5.77. The first-order chi connectivity index (χ1) is 10.2. The Morgan fingerprint density at radius 3 is 2.71 bits per heavy atom. The number of ether oxygens (including phenoxy) is 1. The van der Waals surface area contributed by atoms with E-state index in [4.69, 9.17) is 4.74 Å². The van der Waals surface area contributed by atoms with E-state index in [0.29, 0.717) is 6.61 Å². The highest BCUT2D eigenvalue weighted by atomic mass is 16.5. The molecule has 4 heteroatoms. The minimum absolute atomic E-state index is 0.121. The first-order valence-corrected chi connectivity index (χ1v) is 7.84. The molecule has 0 N–H and O–H groups in total. The van der Waals surface area contributed by atoms with Crippen molar-refractivity contribution >= 4 is 5.91 Å². The van der Waals surface area contributed by atoms with Gasteiger partial charge in [-0.3, -0.25) is 9.69 Å². The van der Waals surface area contributed by atoms with Gasteiger partial charge < -0.3 is 9.64 Å². The second-order valence-corrected chi connectivity index (χ2v) is 5.71. The van der Waals surface area contributed by atoms with Gasteiger partial charge in [0.2, 0.25) is 5.91 Å². The Hall–Kier alpha value is -1.39. The second kappa shape index (κ2) is 8.15. The van der Waals surface area contributed by atoms with E-state index in [9.17, 15) is 4.79 Å². The number of carbonyl (C=O) groups excluding carboxylic acids is 1. The van der Waals surface area contributed by atoms with E-state index in [1.807, 2.05) is 11.0 Å². The standard InChI is InChI=1S/C17H26N2O2/c1-3-11-21-14-17(20)19-10-9-18(12-15(19)2)13-16-7-5-4-6-8-16/h4-8,15H,3,9-14H2,1-2H3/t15-/m1/s1. The second-order valence-electron chi connectivity index (χ2n) is 5.71. The van der Waals surface area contributed by atoms with Crippen LogP contribution < -0.4 is 0 Å². The fourth-order valence-corrected chi connectivity index (χ4v) is 2.78. The third-order valence-corrected chi connectivity index (χ3v) is 3.85. The Morgan fingerprint density at radius 1 is 1.29 bits per heavy atom. The van der Waals surface area contributed by atoms with Crippen LogP contribution in [0.4, 0.5) is 0 Å². The van der Waals surface area contributed by atoms with Crippen LogP contribution in [0.25, 0.3) is 0 Å². The van der Waals surface area contributed by atoms with Gasteiger partial charge in [0.1, 0.15) is 6.61 Å². The number of carbonyl (C=O) groups is 1. The molecule has 1 aliphatic rings. The molecule has 0 aromatic heterocycles. The average molecular weight is 290 g/mol. The van der Waals surface area contributed by atoms with Crippen LogP contribution >= 0.6 is 0 Å². The molecule has 1 heterocycles. The van der Waals surface area contributed by atoms with Gasteiger partial charge in [-0.2, -0.15) is 0 Å². The maximum Gasteiger partial charge on any atom is 0.248 e. The summed E-state index contributed by atoms with van der Waals surface area (Å²) in [7, 11) is 0. The molecule has 116 valence electrons. The summed E-state index contributed by atoms with van der Waals surface area (Å²) in [6.07, 6.45) is 0.952. The first kappa shape index (κ1) is 16.0. The molecular formula is C17H26N2O2. The summed E-state index contributed by atoms with van der Waals surface area (Å²) in [5, 5.41) is 0. The molecule has 0 radical (unpaired) electrons. The van der Waals surface area contributed by atoms with Crippen molar-refractivity contribution in [3.63, 3.8) is 0 Å². The molecule has 0 aliphatic carbocycles. The zero-order valence-corrected chi connectivity index (χ0v) is 13.1. The van der Waals surface area contributed by atoms with Gasteiger partial charge in [-0.05, 0) is 18.9 Å². The van der Waals surface area contributed by atoms with Crippen molar-refractivity contribution in [2.24, 2.45) is 0 Å². The zero-order valence-electron chi connectivity index (χ0n) is 13.1. The Labute approximate surface area is 127 Å². The lowest BCUT2D eigenvalue weighted by molar-refractivity contribution is -0.140. The van der Waals surface area contributed by atoms with Crippen molar-refractivity contribution in [2.75, 3.05) is 32.8 Å².